The van der Waals surface area contributed by atoms with E-state index in [4.69, 9.17) is 10.5 Å². The molecule has 0 amide bonds. The summed E-state index contributed by atoms with van der Waals surface area (Å²) >= 11 is 0. The van der Waals surface area contributed by atoms with Gasteiger partial charge in [-0.3, -0.25) is 4.98 Å². The van der Waals surface area contributed by atoms with Crippen LogP contribution >= 0.6 is 0 Å². The minimum absolute atomic E-state index is 0.250. The summed E-state index contributed by atoms with van der Waals surface area (Å²) in [4.78, 5) is 12.6. The van der Waals surface area contributed by atoms with E-state index in [1.807, 2.05) is 12.1 Å². The lowest BCUT2D eigenvalue weighted by molar-refractivity contribution is 0.120. The van der Waals surface area contributed by atoms with Crippen molar-refractivity contribution in [3.63, 3.8) is 0 Å². The Kier molecular flexibility index (Phi) is 2.93. The van der Waals surface area contributed by atoms with Crippen LogP contribution in [-0.2, 0) is 4.74 Å². The van der Waals surface area contributed by atoms with Gasteiger partial charge in [0.25, 0.3) is 0 Å². The third-order valence-electron chi connectivity index (χ3n) is 2.99. The normalized spacial score (nSPS) is 19.2. The summed E-state index contributed by atoms with van der Waals surface area (Å²) in [5, 5.41) is 3.25. The number of nitrogens with one attached hydrogen (secondary N) is 1. The van der Waals surface area contributed by atoms with Gasteiger partial charge in [0.05, 0.1) is 11.6 Å². The first-order valence-electron chi connectivity index (χ1n) is 6.06. The molecule has 1 saturated heterocycles. The Labute approximate surface area is 105 Å². The first-order chi connectivity index (χ1) is 8.83. The number of fused-ring (bicyclic) bond motifs is 1. The number of nitrogens with zero attached hydrogens (tertiary/aromatic N) is 3. The Morgan fingerprint density at radius 3 is 3.22 bits per heavy atom. The summed E-state index contributed by atoms with van der Waals surface area (Å²) < 4.78 is 5.56. The molecule has 2 aromatic rings. The van der Waals surface area contributed by atoms with Gasteiger partial charge >= 0.3 is 0 Å². The molecule has 1 fully saturated rings. The number of ether oxygens (including phenoxy) is 1. The van der Waals surface area contributed by atoms with Crippen molar-refractivity contribution in [2.75, 3.05) is 24.2 Å². The van der Waals surface area contributed by atoms with E-state index in [0.717, 1.165) is 37.0 Å². The fourth-order valence-corrected chi connectivity index (χ4v) is 2.12. The van der Waals surface area contributed by atoms with Gasteiger partial charge in [-0.1, -0.05) is 0 Å². The minimum Gasteiger partial charge on any atom is -0.376 e. The van der Waals surface area contributed by atoms with Crippen molar-refractivity contribution in [1.29, 1.82) is 0 Å². The highest BCUT2D eigenvalue weighted by Crippen LogP contribution is 2.19. The number of hydrogen-bond acceptors (Lipinski definition) is 6. The molecule has 0 radical (unpaired) electrons. The first-order valence-corrected chi connectivity index (χ1v) is 6.06. The third kappa shape index (κ3) is 2.19. The Morgan fingerprint density at radius 2 is 2.39 bits per heavy atom. The summed E-state index contributed by atoms with van der Waals surface area (Å²) in [6, 6.07) is 3.70. The van der Waals surface area contributed by atoms with Crippen LogP contribution in [-0.4, -0.2) is 34.2 Å². The first kappa shape index (κ1) is 11.2. The van der Waals surface area contributed by atoms with Gasteiger partial charge in [-0.15, -0.1) is 0 Å². The van der Waals surface area contributed by atoms with Crippen LogP contribution in [0.2, 0.25) is 0 Å². The molecular weight excluding hydrogens is 230 g/mol. The van der Waals surface area contributed by atoms with Crippen molar-refractivity contribution in [1.82, 2.24) is 15.0 Å². The number of anilines is 2. The van der Waals surface area contributed by atoms with Crippen LogP contribution in [0.4, 0.5) is 11.8 Å². The minimum atomic E-state index is 0.250. The van der Waals surface area contributed by atoms with E-state index in [0.29, 0.717) is 5.82 Å². The summed E-state index contributed by atoms with van der Waals surface area (Å²) in [6.07, 6.45) is 4.18. The highest BCUT2D eigenvalue weighted by atomic mass is 16.5. The SMILES string of the molecule is Nc1nc(NCC2CCCO2)c2ncccc2n1. The van der Waals surface area contributed by atoms with E-state index < -0.39 is 0 Å². The van der Waals surface area contributed by atoms with Gasteiger partial charge in [-0.05, 0) is 25.0 Å². The van der Waals surface area contributed by atoms with Crippen molar-refractivity contribution < 1.29 is 4.74 Å². The quantitative estimate of drug-likeness (QED) is 0.845. The second kappa shape index (κ2) is 4.73. The molecular formula is C12H15N5O. The second-order valence-electron chi connectivity index (χ2n) is 4.32. The monoisotopic (exact) mass is 245 g/mol. The van der Waals surface area contributed by atoms with Crippen molar-refractivity contribution in [3.05, 3.63) is 18.3 Å². The average molecular weight is 245 g/mol. The lowest BCUT2D eigenvalue weighted by Gasteiger charge is -2.12. The van der Waals surface area contributed by atoms with Crippen molar-refractivity contribution in [2.24, 2.45) is 0 Å². The molecule has 3 N–H and O–H groups in total. The molecule has 0 aromatic carbocycles. The highest BCUT2D eigenvalue weighted by molar-refractivity contribution is 5.85. The van der Waals surface area contributed by atoms with E-state index in [9.17, 15) is 0 Å². The molecule has 0 saturated carbocycles. The Balaban J connectivity index is 1.85. The predicted molar refractivity (Wildman–Crippen MR) is 69.2 cm³/mol. The number of nitrogen functional groups attached to an aromatic ring is 1. The Morgan fingerprint density at radius 1 is 1.44 bits per heavy atom. The van der Waals surface area contributed by atoms with Gasteiger partial charge < -0.3 is 15.8 Å². The summed E-state index contributed by atoms with van der Waals surface area (Å²) in [5.74, 6) is 0.930. The zero-order valence-electron chi connectivity index (χ0n) is 9.97. The molecule has 1 unspecified atom stereocenters. The molecule has 0 bridgehead atoms. The van der Waals surface area contributed by atoms with Crippen LogP contribution in [0.5, 0.6) is 0 Å². The lowest BCUT2D eigenvalue weighted by atomic mass is 10.2. The molecule has 94 valence electrons. The van der Waals surface area contributed by atoms with Crippen molar-refractivity contribution >= 4 is 22.8 Å². The summed E-state index contributed by atoms with van der Waals surface area (Å²) in [5.41, 5.74) is 7.18. The number of rotatable bonds is 3. The number of nitrogens with two attached hydrogens (primary N) is 1. The standard InChI is InChI=1S/C12H15N5O/c13-12-16-9-4-1-5-14-10(9)11(17-12)15-7-8-3-2-6-18-8/h1,4-5,8H,2-3,6-7H2,(H3,13,15,16,17). The smallest absolute Gasteiger partial charge is 0.222 e. The summed E-state index contributed by atoms with van der Waals surface area (Å²) in [7, 11) is 0. The van der Waals surface area contributed by atoms with Gasteiger partial charge in [-0.25, -0.2) is 4.98 Å². The van der Waals surface area contributed by atoms with Gasteiger partial charge in [0.2, 0.25) is 5.95 Å². The van der Waals surface area contributed by atoms with Crippen LogP contribution < -0.4 is 11.1 Å². The third-order valence-corrected chi connectivity index (χ3v) is 2.99. The molecule has 0 aliphatic carbocycles. The molecule has 3 heterocycles. The number of pyridine rings is 1. The van der Waals surface area contributed by atoms with Gasteiger partial charge in [-0.2, -0.15) is 4.98 Å². The Bertz CT molecular complexity index is 553. The zero-order valence-corrected chi connectivity index (χ0v) is 9.97. The van der Waals surface area contributed by atoms with Crippen LogP contribution in [0.3, 0.4) is 0 Å². The largest absolute Gasteiger partial charge is 0.376 e. The fraction of sp³-hybridized carbons (Fsp3) is 0.417. The van der Waals surface area contributed by atoms with E-state index in [2.05, 4.69) is 20.3 Å². The van der Waals surface area contributed by atoms with E-state index >= 15 is 0 Å². The van der Waals surface area contributed by atoms with E-state index in [-0.39, 0.29) is 12.1 Å². The zero-order chi connectivity index (χ0) is 12.4. The maximum Gasteiger partial charge on any atom is 0.222 e. The predicted octanol–water partition coefficient (Wildman–Crippen LogP) is 1.20. The summed E-state index contributed by atoms with van der Waals surface area (Å²) in [6.45, 7) is 1.57. The highest BCUT2D eigenvalue weighted by Gasteiger charge is 2.16. The Hall–Kier alpha value is -1.95. The molecule has 18 heavy (non-hydrogen) atoms. The van der Waals surface area contributed by atoms with Gasteiger partial charge in [0, 0.05) is 19.3 Å². The van der Waals surface area contributed by atoms with Crippen LogP contribution in [0.25, 0.3) is 11.0 Å². The number of aromatic nitrogens is 3. The molecule has 1 aliphatic rings. The van der Waals surface area contributed by atoms with E-state index in [1.165, 1.54) is 0 Å². The van der Waals surface area contributed by atoms with Crippen LogP contribution in [0.1, 0.15) is 12.8 Å². The maximum atomic E-state index is 5.69. The molecule has 2 aromatic heterocycles. The maximum absolute atomic E-state index is 5.69. The van der Waals surface area contributed by atoms with E-state index in [1.54, 1.807) is 6.20 Å². The van der Waals surface area contributed by atoms with Gasteiger partial charge in [0.1, 0.15) is 5.52 Å². The molecule has 6 nitrogen and oxygen atoms in total. The fourth-order valence-electron chi connectivity index (χ4n) is 2.12. The molecule has 6 heteroatoms. The van der Waals surface area contributed by atoms with Crippen LogP contribution in [0.15, 0.2) is 18.3 Å². The topological polar surface area (TPSA) is 86.0 Å². The van der Waals surface area contributed by atoms with Crippen molar-refractivity contribution in [2.45, 2.75) is 18.9 Å². The number of hydrogen-bond donors (Lipinski definition) is 2. The average Bonchev–Trinajstić information content (AvgIpc) is 2.89. The molecule has 0 spiro atoms. The van der Waals surface area contributed by atoms with Crippen LogP contribution in [0, 0.1) is 0 Å². The second-order valence-corrected chi connectivity index (χ2v) is 4.32. The van der Waals surface area contributed by atoms with Crippen molar-refractivity contribution in [3.8, 4) is 0 Å². The lowest BCUT2D eigenvalue weighted by Crippen LogP contribution is -2.19. The molecule has 1 atom stereocenters. The van der Waals surface area contributed by atoms with Gasteiger partial charge in [0.15, 0.2) is 5.82 Å². The molecule has 3 rings (SSSR count). The molecule has 1 aliphatic heterocycles.